The first kappa shape index (κ1) is 14.5. The predicted molar refractivity (Wildman–Crippen MR) is 81.7 cm³/mol. The van der Waals surface area contributed by atoms with Crippen LogP contribution in [0.2, 0.25) is 0 Å². The van der Waals surface area contributed by atoms with Crippen molar-refractivity contribution in [3.63, 3.8) is 0 Å². The molecule has 20 heavy (non-hydrogen) atoms. The molecule has 1 aromatic heterocycles. The SMILES string of the molecule is CC(C)N(CCC(=O)c1ccc[nH]1)Cc1ccccc1. The highest BCUT2D eigenvalue weighted by atomic mass is 16.1. The van der Waals surface area contributed by atoms with Gasteiger partial charge in [-0.3, -0.25) is 9.69 Å². The minimum Gasteiger partial charge on any atom is -0.359 e. The van der Waals surface area contributed by atoms with E-state index < -0.39 is 0 Å². The van der Waals surface area contributed by atoms with Gasteiger partial charge in [0, 0.05) is 31.7 Å². The molecule has 0 unspecified atom stereocenters. The molecule has 2 rings (SSSR count). The lowest BCUT2D eigenvalue weighted by atomic mass is 10.1. The van der Waals surface area contributed by atoms with Crippen molar-refractivity contribution in [1.82, 2.24) is 9.88 Å². The molecular weight excluding hydrogens is 248 g/mol. The van der Waals surface area contributed by atoms with Crippen molar-refractivity contribution in [2.75, 3.05) is 6.54 Å². The van der Waals surface area contributed by atoms with Crippen LogP contribution in [0, 0.1) is 0 Å². The largest absolute Gasteiger partial charge is 0.359 e. The van der Waals surface area contributed by atoms with Gasteiger partial charge in [0.05, 0.1) is 5.69 Å². The summed E-state index contributed by atoms with van der Waals surface area (Å²) < 4.78 is 0. The number of hydrogen-bond donors (Lipinski definition) is 1. The number of carbonyl (C=O) groups is 1. The molecule has 0 saturated carbocycles. The van der Waals surface area contributed by atoms with Crippen LogP contribution in [0.15, 0.2) is 48.7 Å². The van der Waals surface area contributed by atoms with Crippen molar-refractivity contribution in [2.24, 2.45) is 0 Å². The number of H-pyrrole nitrogens is 1. The number of rotatable bonds is 7. The van der Waals surface area contributed by atoms with Gasteiger partial charge >= 0.3 is 0 Å². The first-order chi connectivity index (χ1) is 9.66. The number of hydrogen-bond acceptors (Lipinski definition) is 2. The molecule has 0 bridgehead atoms. The summed E-state index contributed by atoms with van der Waals surface area (Å²) in [6.07, 6.45) is 2.34. The third-order valence-electron chi connectivity index (χ3n) is 3.48. The molecule has 0 saturated heterocycles. The fourth-order valence-corrected chi connectivity index (χ4v) is 2.22. The zero-order valence-corrected chi connectivity index (χ0v) is 12.2. The van der Waals surface area contributed by atoms with Crippen LogP contribution in [-0.2, 0) is 6.54 Å². The van der Waals surface area contributed by atoms with Gasteiger partial charge in [-0.05, 0) is 31.5 Å². The van der Waals surface area contributed by atoms with Crippen LogP contribution in [0.5, 0.6) is 0 Å². The Kier molecular flexibility index (Phi) is 5.13. The number of carbonyl (C=O) groups excluding carboxylic acids is 1. The molecular formula is C17H22N2O. The van der Waals surface area contributed by atoms with E-state index in [1.165, 1.54) is 5.56 Å². The van der Waals surface area contributed by atoms with Crippen LogP contribution in [0.25, 0.3) is 0 Å². The number of nitrogens with one attached hydrogen (secondary N) is 1. The average Bonchev–Trinajstić information content (AvgIpc) is 2.98. The minimum atomic E-state index is 0.175. The molecule has 0 fully saturated rings. The summed E-state index contributed by atoms with van der Waals surface area (Å²) in [5, 5.41) is 0. The molecule has 0 radical (unpaired) electrons. The van der Waals surface area contributed by atoms with Crippen LogP contribution in [0.3, 0.4) is 0 Å². The van der Waals surface area contributed by atoms with Crippen molar-refractivity contribution < 1.29 is 4.79 Å². The van der Waals surface area contributed by atoms with Gasteiger partial charge < -0.3 is 4.98 Å². The summed E-state index contributed by atoms with van der Waals surface area (Å²) in [4.78, 5) is 17.3. The molecule has 1 aromatic carbocycles. The van der Waals surface area contributed by atoms with Gasteiger partial charge in [0.1, 0.15) is 0 Å². The van der Waals surface area contributed by atoms with Crippen LogP contribution in [0.1, 0.15) is 36.3 Å². The number of nitrogens with zero attached hydrogens (tertiary/aromatic N) is 1. The zero-order chi connectivity index (χ0) is 14.4. The molecule has 0 atom stereocenters. The van der Waals surface area contributed by atoms with Crippen molar-refractivity contribution >= 4 is 5.78 Å². The summed E-state index contributed by atoms with van der Waals surface area (Å²) in [5.74, 6) is 0.175. The molecule has 2 aromatic rings. The molecule has 0 aliphatic heterocycles. The van der Waals surface area contributed by atoms with Crippen molar-refractivity contribution in [1.29, 1.82) is 0 Å². The molecule has 106 valence electrons. The summed E-state index contributed by atoms with van der Waals surface area (Å²) in [5.41, 5.74) is 1.99. The molecule has 3 heteroatoms. The Morgan fingerprint density at radius 3 is 2.50 bits per heavy atom. The molecule has 0 aliphatic rings. The number of ketones is 1. The van der Waals surface area contributed by atoms with Crippen molar-refractivity contribution in [2.45, 2.75) is 32.9 Å². The quantitative estimate of drug-likeness (QED) is 0.782. The predicted octanol–water partition coefficient (Wildman–Crippen LogP) is 3.50. The third kappa shape index (κ3) is 4.07. The Balaban J connectivity index is 1.91. The Hall–Kier alpha value is -1.87. The van der Waals surface area contributed by atoms with E-state index in [0.29, 0.717) is 18.2 Å². The standard InChI is InChI=1S/C17H22N2O/c1-14(2)19(13-15-7-4-3-5-8-15)12-10-17(20)16-9-6-11-18-16/h3-9,11,14,18H,10,12-13H2,1-2H3. The lowest BCUT2D eigenvalue weighted by Crippen LogP contribution is -2.32. The van der Waals surface area contributed by atoms with Gasteiger partial charge in [0.15, 0.2) is 5.78 Å². The summed E-state index contributed by atoms with van der Waals surface area (Å²) in [7, 11) is 0. The molecule has 0 spiro atoms. The van der Waals surface area contributed by atoms with Crippen LogP contribution in [0.4, 0.5) is 0 Å². The van der Waals surface area contributed by atoms with Gasteiger partial charge in [-0.1, -0.05) is 30.3 Å². The van der Waals surface area contributed by atoms with E-state index in [-0.39, 0.29) is 5.78 Å². The van der Waals surface area contributed by atoms with E-state index in [0.717, 1.165) is 13.1 Å². The molecule has 1 N–H and O–H groups in total. The smallest absolute Gasteiger partial charge is 0.180 e. The molecule has 0 amide bonds. The highest BCUT2D eigenvalue weighted by molar-refractivity contribution is 5.94. The lowest BCUT2D eigenvalue weighted by molar-refractivity contribution is 0.0948. The van der Waals surface area contributed by atoms with Crippen molar-refractivity contribution in [3.05, 3.63) is 59.9 Å². The van der Waals surface area contributed by atoms with Crippen LogP contribution >= 0.6 is 0 Å². The van der Waals surface area contributed by atoms with Gasteiger partial charge in [-0.15, -0.1) is 0 Å². The maximum Gasteiger partial charge on any atom is 0.180 e. The zero-order valence-electron chi connectivity index (χ0n) is 12.2. The minimum absolute atomic E-state index is 0.175. The summed E-state index contributed by atoms with van der Waals surface area (Å²) >= 11 is 0. The summed E-state index contributed by atoms with van der Waals surface area (Å²) in [6.45, 7) is 6.01. The van der Waals surface area contributed by atoms with E-state index in [1.807, 2.05) is 18.2 Å². The number of benzene rings is 1. The fourth-order valence-electron chi connectivity index (χ4n) is 2.22. The highest BCUT2D eigenvalue weighted by Crippen LogP contribution is 2.10. The van der Waals surface area contributed by atoms with E-state index in [9.17, 15) is 4.79 Å². The average molecular weight is 270 g/mol. The fraction of sp³-hybridized carbons (Fsp3) is 0.353. The Labute approximate surface area is 120 Å². The summed E-state index contributed by atoms with van der Waals surface area (Å²) in [6, 6.07) is 14.5. The molecule has 0 aliphatic carbocycles. The Morgan fingerprint density at radius 1 is 1.15 bits per heavy atom. The maximum absolute atomic E-state index is 12.0. The number of aromatic nitrogens is 1. The monoisotopic (exact) mass is 270 g/mol. The number of Topliss-reactive ketones (excluding diaryl/α,β-unsaturated/α-hetero) is 1. The number of aromatic amines is 1. The molecule has 1 heterocycles. The van der Waals surface area contributed by atoms with Crippen LogP contribution < -0.4 is 0 Å². The maximum atomic E-state index is 12.0. The lowest BCUT2D eigenvalue weighted by Gasteiger charge is -2.26. The normalized spacial score (nSPS) is 11.2. The Morgan fingerprint density at radius 2 is 1.90 bits per heavy atom. The first-order valence-electron chi connectivity index (χ1n) is 7.11. The second kappa shape index (κ2) is 7.06. The first-order valence-corrected chi connectivity index (χ1v) is 7.11. The topological polar surface area (TPSA) is 36.1 Å². The van der Waals surface area contributed by atoms with Crippen LogP contribution in [-0.4, -0.2) is 28.3 Å². The van der Waals surface area contributed by atoms with Gasteiger partial charge in [-0.25, -0.2) is 0 Å². The van der Waals surface area contributed by atoms with E-state index in [2.05, 4.69) is 48.0 Å². The van der Waals surface area contributed by atoms with E-state index >= 15 is 0 Å². The highest BCUT2D eigenvalue weighted by Gasteiger charge is 2.13. The van der Waals surface area contributed by atoms with Gasteiger partial charge in [-0.2, -0.15) is 0 Å². The second-order valence-corrected chi connectivity index (χ2v) is 5.31. The van der Waals surface area contributed by atoms with Gasteiger partial charge in [0.25, 0.3) is 0 Å². The second-order valence-electron chi connectivity index (χ2n) is 5.31. The Bertz CT molecular complexity index is 517. The van der Waals surface area contributed by atoms with E-state index in [1.54, 1.807) is 6.20 Å². The third-order valence-corrected chi connectivity index (χ3v) is 3.48. The van der Waals surface area contributed by atoms with Crippen molar-refractivity contribution in [3.8, 4) is 0 Å². The molecule has 3 nitrogen and oxygen atoms in total. The van der Waals surface area contributed by atoms with Gasteiger partial charge in [0.2, 0.25) is 0 Å². The van der Waals surface area contributed by atoms with E-state index in [4.69, 9.17) is 0 Å².